The number of halogens is 1. The normalized spacial score (nSPS) is 16.9. The fourth-order valence-corrected chi connectivity index (χ4v) is 2.50. The van der Waals surface area contributed by atoms with E-state index in [0.717, 1.165) is 22.8 Å². The molecule has 1 aliphatic carbocycles. The summed E-state index contributed by atoms with van der Waals surface area (Å²) in [5.41, 5.74) is 0. The van der Waals surface area contributed by atoms with Crippen LogP contribution in [0.15, 0.2) is 17.0 Å². The number of hydrogen-bond donors (Lipinski definition) is 1. The second kappa shape index (κ2) is 5.45. The van der Waals surface area contributed by atoms with Crippen LogP contribution in [-0.2, 0) is 0 Å². The molecule has 3 nitrogen and oxygen atoms in total. The van der Waals surface area contributed by atoms with Crippen LogP contribution in [0.5, 0.6) is 0 Å². The molecule has 0 saturated heterocycles. The third-order valence-electron chi connectivity index (χ3n) is 2.99. The molecule has 0 spiro atoms. The van der Waals surface area contributed by atoms with Crippen molar-refractivity contribution >= 4 is 21.7 Å². The van der Waals surface area contributed by atoms with Crippen LogP contribution in [-0.4, -0.2) is 16.5 Å². The Hall–Kier alpha value is -0.640. The molecule has 0 aromatic carbocycles. The molecule has 1 aliphatic rings. The fraction of sp³-hybridized carbons (Fsp3) is 0.636. The monoisotopic (exact) mass is 269 g/mol. The first-order valence-corrected chi connectivity index (χ1v) is 6.35. The van der Waals surface area contributed by atoms with Gasteiger partial charge in [0.25, 0.3) is 0 Å². The van der Waals surface area contributed by atoms with E-state index in [2.05, 4.69) is 31.2 Å². The Kier molecular flexibility index (Phi) is 3.94. The van der Waals surface area contributed by atoms with Crippen LogP contribution in [0, 0.1) is 5.92 Å². The highest BCUT2D eigenvalue weighted by molar-refractivity contribution is 9.10. The molecule has 2 rings (SSSR count). The van der Waals surface area contributed by atoms with Gasteiger partial charge < -0.3 is 5.32 Å². The van der Waals surface area contributed by atoms with Crippen molar-refractivity contribution in [3.8, 4) is 0 Å². The maximum Gasteiger partial charge on any atom is 0.143 e. The molecule has 1 fully saturated rings. The van der Waals surface area contributed by atoms with E-state index >= 15 is 0 Å². The number of nitrogens with one attached hydrogen (secondary N) is 1. The van der Waals surface area contributed by atoms with E-state index in [4.69, 9.17) is 0 Å². The van der Waals surface area contributed by atoms with Crippen LogP contribution in [0.4, 0.5) is 5.82 Å². The highest BCUT2D eigenvalue weighted by atomic mass is 79.9. The quantitative estimate of drug-likeness (QED) is 0.912. The van der Waals surface area contributed by atoms with E-state index in [-0.39, 0.29) is 0 Å². The Labute approximate surface area is 98.8 Å². The third-order valence-corrected chi connectivity index (χ3v) is 3.57. The van der Waals surface area contributed by atoms with Crippen molar-refractivity contribution in [1.29, 1.82) is 0 Å². The summed E-state index contributed by atoms with van der Waals surface area (Å²) in [4.78, 5) is 8.11. The molecular weight excluding hydrogens is 254 g/mol. The highest BCUT2D eigenvalue weighted by Gasteiger charge is 2.14. The van der Waals surface area contributed by atoms with E-state index in [1.54, 1.807) is 12.5 Å². The number of anilines is 1. The summed E-state index contributed by atoms with van der Waals surface area (Å²) in [6.07, 6.45) is 10.3. The topological polar surface area (TPSA) is 37.8 Å². The highest BCUT2D eigenvalue weighted by Crippen LogP contribution is 2.27. The zero-order valence-electron chi connectivity index (χ0n) is 8.75. The van der Waals surface area contributed by atoms with E-state index in [1.807, 2.05) is 0 Å². The Bertz CT molecular complexity index is 310. The number of aromatic nitrogens is 2. The van der Waals surface area contributed by atoms with Crippen molar-refractivity contribution in [2.75, 3.05) is 11.9 Å². The van der Waals surface area contributed by atoms with Gasteiger partial charge in [0.2, 0.25) is 0 Å². The Morgan fingerprint density at radius 2 is 2.20 bits per heavy atom. The largest absolute Gasteiger partial charge is 0.369 e. The smallest absolute Gasteiger partial charge is 0.143 e. The average Bonchev–Trinajstić information content (AvgIpc) is 2.74. The van der Waals surface area contributed by atoms with Gasteiger partial charge in [0.1, 0.15) is 12.1 Å². The molecule has 0 amide bonds. The Balaban J connectivity index is 1.75. The summed E-state index contributed by atoms with van der Waals surface area (Å²) in [5, 5.41) is 3.34. The zero-order valence-corrected chi connectivity index (χ0v) is 10.3. The molecule has 15 heavy (non-hydrogen) atoms. The van der Waals surface area contributed by atoms with E-state index < -0.39 is 0 Å². The summed E-state index contributed by atoms with van der Waals surface area (Å²) < 4.78 is 0.941. The predicted octanol–water partition coefficient (Wildman–Crippen LogP) is 3.23. The van der Waals surface area contributed by atoms with Crippen LogP contribution in [0.25, 0.3) is 0 Å². The van der Waals surface area contributed by atoms with E-state index in [1.165, 1.54) is 32.1 Å². The van der Waals surface area contributed by atoms with Crippen molar-refractivity contribution in [1.82, 2.24) is 9.97 Å². The second-order valence-electron chi connectivity index (χ2n) is 4.09. The van der Waals surface area contributed by atoms with Crippen LogP contribution in [0.2, 0.25) is 0 Å². The molecule has 0 radical (unpaired) electrons. The van der Waals surface area contributed by atoms with Gasteiger partial charge in [-0.2, -0.15) is 0 Å². The van der Waals surface area contributed by atoms with Crippen molar-refractivity contribution in [2.24, 2.45) is 5.92 Å². The SMILES string of the molecule is Brc1cncnc1NCCC1CCCC1. The lowest BCUT2D eigenvalue weighted by atomic mass is 10.0. The molecule has 1 saturated carbocycles. The van der Waals surface area contributed by atoms with Crippen LogP contribution < -0.4 is 5.32 Å². The van der Waals surface area contributed by atoms with Gasteiger partial charge in [-0.05, 0) is 28.3 Å². The van der Waals surface area contributed by atoms with Gasteiger partial charge in [0.05, 0.1) is 4.47 Å². The van der Waals surface area contributed by atoms with E-state index in [0.29, 0.717) is 0 Å². The molecule has 0 atom stereocenters. The molecule has 0 aliphatic heterocycles. The molecule has 1 heterocycles. The molecule has 1 N–H and O–H groups in total. The van der Waals surface area contributed by atoms with Crippen molar-refractivity contribution in [3.05, 3.63) is 17.0 Å². The third kappa shape index (κ3) is 3.16. The number of hydrogen-bond acceptors (Lipinski definition) is 3. The van der Waals surface area contributed by atoms with Gasteiger partial charge in [-0.25, -0.2) is 9.97 Å². The van der Waals surface area contributed by atoms with Crippen molar-refractivity contribution < 1.29 is 0 Å². The Morgan fingerprint density at radius 1 is 1.40 bits per heavy atom. The van der Waals surface area contributed by atoms with Crippen LogP contribution in [0.3, 0.4) is 0 Å². The van der Waals surface area contributed by atoms with Gasteiger partial charge in [0, 0.05) is 12.7 Å². The summed E-state index contributed by atoms with van der Waals surface area (Å²) in [6, 6.07) is 0. The van der Waals surface area contributed by atoms with Crippen molar-refractivity contribution in [3.63, 3.8) is 0 Å². The Morgan fingerprint density at radius 3 is 2.93 bits per heavy atom. The lowest BCUT2D eigenvalue weighted by Crippen LogP contribution is -2.08. The van der Waals surface area contributed by atoms with Crippen LogP contribution in [0.1, 0.15) is 32.1 Å². The first-order chi connectivity index (χ1) is 7.36. The molecular formula is C11H16BrN3. The van der Waals surface area contributed by atoms with Crippen molar-refractivity contribution in [2.45, 2.75) is 32.1 Å². The summed E-state index contributed by atoms with van der Waals surface area (Å²) in [5.74, 6) is 1.83. The summed E-state index contributed by atoms with van der Waals surface area (Å²) in [7, 11) is 0. The molecule has 1 aromatic rings. The maximum absolute atomic E-state index is 4.17. The minimum absolute atomic E-state index is 0.906. The zero-order chi connectivity index (χ0) is 10.5. The molecule has 0 bridgehead atoms. The first kappa shape index (κ1) is 10.9. The number of rotatable bonds is 4. The number of nitrogens with zero attached hydrogens (tertiary/aromatic N) is 2. The standard InChI is InChI=1S/C11H16BrN3/c12-10-7-13-8-15-11(10)14-6-5-9-3-1-2-4-9/h7-9H,1-6H2,(H,13,14,15). The van der Waals surface area contributed by atoms with Gasteiger partial charge in [-0.1, -0.05) is 25.7 Å². The molecule has 1 aromatic heterocycles. The molecule has 0 unspecified atom stereocenters. The summed E-state index contributed by atoms with van der Waals surface area (Å²) in [6.45, 7) is 1.01. The predicted molar refractivity (Wildman–Crippen MR) is 64.8 cm³/mol. The minimum atomic E-state index is 0.906. The van der Waals surface area contributed by atoms with Crippen LogP contribution >= 0.6 is 15.9 Å². The van der Waals surface area contributed by atoms with E-state index in [9.17, 15) is 0 Å². The molecule has 4 heteroatoms. The van der Waals surface area contributed by atoms with Gasteiger partial charge in [0.15, 0.2) is 0 Å². The average molecular weight is 270 g/mol. The van der Waals surface area contributed by atoms with Gasteiger partial charge >= 0.3 is 0 Å². The van der Waals surface area contributed by atoms with Gasteiger partial charge in [-0.3, -0.25) is 0 Å². The lowest BCUT2D eigenvalue weighted by molar-refractivity contribution is 0.518. The fourth-order valence-electron chi connectivity index (χ4n) is 2.14. The van der Waals surface area contributed by atoms with Gasteiger partial charge in [-0.15, -0.1) is 0 Å². The lowest BCUT2D eigenvalue weighted by Gasteiger charge is -2.10. The molecule has 82 valence electrons. The second-order valence-corrected chi connectivity index (χ2v) is 4.94. The minimum Gasteiger partial charge on any atom is -0.369 e. The first-order valence-electron chi connectivity index (χ1n) is 5.55. The summed E-state index contributed by atoms with van der Waals surface area (Å²) >= 11 is 3.42. The maximum atomic E-state index is 4.17.